The molecule has 1 unspecified atom stereocenters. The summed E-state index contributed by atoms with van der Waals surface area (Å²) in [6.45, 7) is 8.25. The fraction of sp³-hybridized carbons (Fsp3) is 0.650. The van der Waals surface area contributed by atoms with Gasteiger partial charge in [0.15, 0.2) is 17.2 Å². The molecule has 48 heavy (non-hydrogen) atoms. The second-order valence-corrected chi connectivity index (χ2v) is 16.3. The van der Waals surface area contributed by atoms with Gasteiger partial charge in [0, 0.05) is 34.7 Å². The Morgan fingerprint density at radius 1 is 0.917 bits per heavy atom. The average molecular weight is 661 g/mol. The lowest BCUT2D eigenvalue weighted by Gasteiger charge is -2.66. The van der Waals surface area contributed by atoms with Gasteiger partial charge in [-0.1, -0.05) is 84.8 Å². The molecule has 0 aromatic heterocycles. The van der Waals surface area contributed by atoms with Crippen molar-refractivity contribution in [1.82, 2.24) is 0 Å². The highest BCUT2D eigenvalue weighted by Gasteiger charge is 2.77. The number of aromatic hydroxyl groups is 1. The van der Waals surface area contributed by atoms with Crippen molar-refractivity contribution in [2.75, 3.05) is 0 Å². The van der Waals surface area contributed by atoms with E-state index in [0.717, 1.165) is 71.1 Å². The van der Waals surface area contributed by atoms with Gasteiger partial charge in [0.1, 0.15) is 28.6 Å². The molecule has 5 aliphatic rings. The first-order valence-electron chi connectivity index (χ1n) is 18.2. The van der Waals surface area contributed by atoms with Crippen LogP contribution in [0.1, 0.15) is 129 Å². The monoisotopic (exact) mass is 660 g/mol. The van der Waals surface area contributed by atoms with Crippen LogP contribution in [-0.2, 0) is 19.2 Å². The van der Waals surface area contributed by atoms with Crippen molar-refractivity contribution in [3.05, 3.63) is 46.2 Å². The van der Waals surface area contributed by atoms with Gasteiger partial charge >= 0.3 is 0 Å². The van der Waals surface area contributed by atoms with Gasteiger partial charge < -0.3 is 20.4 Å². The first kappa shape index (κ1) is 34.6. The number of fused-ring (bicyclic) bond motifs is 3. The molecule has 0 amide bonds. The second kappa shape index (κ2) is 12.3. The summed E-state index contributed by atoms with van der Waals surface area (Å²) in [5, 5.41) is 48.1. The first-order chi connectivity index (χ1) is 22.6. The number of aliphatic hydroxyl groups excluding tert-OH is 2. The van der Waals surface area contributed by atoms with Crippen LogP contribution >= 0.6 is 0 Å². The highest BCUT2D eigenvalue weighted by molar-refractivity contribution is 6.24. The summed E-state index contributed by atoms with van der Waals surface area (Å²) in [4.78, 5) is 57.0. The van der Waals surface area contributed by atoms with Crippen LogP contribution < -0.4 is 0 Å². The van der Waals surface area contributed by atoms with Gasteiger partial charge in [-0.3, -0.25) is 19.2 Å². The molecule has 1 aromatic carbocycles. The molecule has 260 valence electrons. The Kier molecular flexibility index (Phi) is 8.83. The number of aliphatic hydroxyl groups is 3. The van der Waals surface area contributed by atoms with Crippen molar-refractivity contribution < 1.29 is 39.6 Å². The number of carbonyl (C=O) groups excluding carboxylic acids is 4. The van der Waals surface area contributed by atoms with Crippen LogP contribution in [0.25, 0.3) is 5.76 Å². The number of hydrogen-bond acceptors (Lipinski definition) is 8. The van der Waals surface area contributed by atoms with Crippen molar-refractivity contribution in [3.63, 3.8) is 0 Å². The Morgan fingerprint density at radius 2 is 1.54 bits per heavy atom. The molecule has 4 N–H and O–H groups in total. The van der Waals surface area contributed by atoms with Crippen molar-refractivity contribution in [3.8, 4) is 5.75 Å². The summed E-state index contributed by atoms with van der Waals surface area (Å²) in [5.41, 5.74) is -5.76. The van der Waals surface area contributed by atoms with Gasteiger partial charge in [-0.25, -0.2) is 0 Å². The number of phenols is 1. The lowest BCUT2D eigenvalue weighted by Crippen LogP contribution is -2.73. The maximum Gasteiger partial charge on any atom is 0.203 e. The number of ketones is 4. The van der Waals surface area contributed by atoms with Crippen molar-refractivity contribution >= 4 is 28.9 Å². The molecule has 6 atom stereocenters. The predicted molar refractivity (Wildman–Crippen MR) is 181 cm³/mol. The van der Waals surface area contributed by atoms with E-state index >= 15 is 4.79 Å². The molecule has 8 heteroatoms. The van der Waals surface area contributed by atoms with Gasteiger partial charge in [-0.05, 0) is 67.9 Å². The van der Waals surface area contributed by atoms with Crippen LogP contribution in [0.5, 0.6) is 5.75 Å². The van der Waals surface area contributed by atoms with E-state index in [2.05, 4.69) is 0 Å². The topological polar surface area (TPSA) is 149 Å². The number of allylic oxidation sites excluding steroid dienone is 1. The maximum absolute atomic E-state index is 15.2. The van der Waals surface area contributed by atoms with E-state index in [4.69, 9.17) is 0 Å². The Balaban J connectivity index is 1.67. The zero-order valence-corrected chi connectivity index (χ0v) is 29.1. The summed E-state index contributed by atoms with van der Waals surface area (Å²) >= 11 is 0. The third kappa shape index (κ3) is 4.71. The van der Waals surface area contributed by atoms with Crippen molar-refractivity contribution in [2.45, 2.75) is 123 Å². The highest BCUT2D eigenvalue weighted by atomic mass is 16.3. The van der Waals surface area contributed by atoms with E-state index in [9.17, 15) is 34.8 Å². The first-order valence-corrected chi connectivity index (χ1v) is 18.2. The molecule has 3 saturated carbocycles. The molecule has 8 nitrogen and oxygen atoms in total. The lowest BCUT2D eigenvalue weighted by molar-refractivity contribution is -0.200. The summed E-state index contributed by atoms with van der Waals surface area (Å²) in [5.74, 6) is -6.75. The molecule has 3 fully saturated rings. The van der Waals surface area contributed by atoms with Crippen LogP contribution in [-0.4, -0.2) is 49.2 Å². The number of phenolic OH excluding ortho intramolecular Hbond substituents is 1. The number of carbonyl (C=O) groups is 4. The molecule has 1 aromatic rings. The molecule has 0 radical (unpaired) electrons. The van der Waals surface area contributed by atoms with E-state index in [0.29, 0.717) is 17.9 Å². The minimum absolute atomic E-state index is 0.00951. The largest absolute Gasteiger partial charge is 0.508 e. The fourth-order valence-electron chi connectivity index (χ4n) is 11.3. The molecule has 5 aliphatic carbocycles. The molecular formula is C40H52O8. The number of hydrogen-bond donors (Lipinski definition) is 4. The zero-order valence-electron chi connectivity index (χ0n) is 29.1. The normalized spacial score (nSPS) is 34.4. The molecule has 6 rings (SSSR count). The quantitative estimate of drug-likeness (QED) is 0.210. The molecule has 0 heterocycles. The summed E-state index contributed by atoms with van der Waals surface area (Å²) < 4.78 is 0. The third-order valence-electron chi connectivity index (χ3n) is 13.5. The van der Waals surface area contributed by atoms with Gasteiger partial charge in [0.2, 0.25) is 5.78 Å². The Bertz CT molecular complexity index is 1600. The van der Waals surface area contributed by atoms with Gasteiger partial charge in [-0.2, -0.15) is 0 Å². The number of benzene rings is 1. The lowest BCUT2D eigenvalue weighted by atomic mass is 9.36. The average Bonchev–Trinajstić information content (AvgIpc) is 3.55. The van der Waals surface area contributed by atoms with Crippen LogP contribution in [0.3, 0.4) is 0 Å². The molecular weight excluding hydrogens is 608 g/mol. The molecule has 0 bridgehead atoms. The highest BCUT2D eigenvalue weighted by Crippen LogP contribution is 2.72. The Hall–Kier alpha value is -3.26. The standard InChI is InChI=1S/C40H52O8/c1-21(2)32-34(44)30(22(3)41)36(46)40(48)37(47)33-35(45)31-25(16-11-17-27(31)42)26(19-18-23-12-9-10-13-23)38(33,4)29(39(32,40)5)20-28(43)24-14-7-6-8-15-24/h11,16-17,21,23-24,26,29,32,42,45-46,48H,6-10,12-15,18-20H2,1-5H3/t26-,29-,32?,38-,39-,40+/m1/s1. The van der Waals surface area contributed by atoms with E-state index in [-0.39, 0.29) is 35.0 Å². The van der Waals surface area contributed by atoms with Crippen molar-refractivity contribution in [2.24, 2.45) is 40.4 Å². The van der Waals surface area contributed by atoms with Crippen LogP contribution in [0.4, 0.5) is 0 Å². The third-order valence-corrected chi connectivity index (χ3v) is 13.5. The maximum atomic E-state index is 15.2. The van der Waals surface area contributed by atoms with Gasteiger partial charge in [0.05, 0.1) is 5.56 Å². The summed E-state index contributed by atoms with van der Waals surface area (Å²) in [6, 6.07) is 5.03. The number of Topliss-reactive ketones (excluding diaryl/α,β-unsaturated/α-hetero) is 4. The van der Waals surface area contributed by atoms with E-state index in [1.807, 2.05) is 13.0 Å². The number of rotatable bonds is 8. The van der Waals surface area contributed by atoms with Crippen LogP contribution in [0.2, 0.25) is 0 Å². The zero-order chi connectivity index (χ0) is 34.9. The molecule has 0 saturated heterocycles. The predicted octanol–water partition coefficient (Wildman–Crippen LogP) is 7.47. The summed E-state index contributed by atoms with van der Waals surface area (Å²) in [6.07, 6.45) is 10.3. The van der Waals surface area contributed by atoms with Gasteiger partial charge in [-0.15, -0.1) is 0 Å². The van der Waals surface area contributed by atoms with E-state index in [1.54, 1.807) is 26.8 Å². The SMILES string of the molecule is CC(=O)C1=C(O)[C@]2(O)C(=O)C3=C(O)c4c(O)cccc4[C@@H](CCC4CCCC4)[C@]3(C)[C@@H](CC(=O)C3CCCCC3)[C@]2(C)C(C(C)C)C1=O. The smallest absolute Gasteiger partial charge is 0.203 e. The molecule has 0 spiro atoms. The van der Waals surface area contributed by atoms with E-state index in [1.165, 1.54) is 6.07 Å². The molecule has 0 aliphatic heterocycles. The minimum atomic E-state index is -2.78. The van der Waals surface area contributed by atoms with Crippen molar-refractivity contribution in [1.29, 1.82) is 0 Å². The fourth-order valence-corrected chi connectivity index (χ4v) is 11.3. The summed E-state index contributed by atoms with van der Waals surface area (Å²) in [7, 11) is 0. The van der Waals surface area contributed by atoms with Crippen LogP contribution in [0.15, 0.2) is 35.1 Å². The van der Waals surface area contributed by atoms with Gasteiger partial charge in [0.25, 0.3) is 0 Å². The van der Waals surface area contributed by atoms with E-state index < -0.39 is 74.5 Å². The second-order valence-electron chi connectivity index (χ2n) is 16.3. The minimum Gasteiger partial charge on any atom is -0.508 e. The Morgan fingerprint density at radius 3 is 2.15 bits per heavy atom. The Labute approximate surface area is 283 Å². The van der Waals surface area contributed by atoms with Crippen LogP contribution in [0, 0.1) is 40.4 Å².